The number of thiophene rings is 1. The molecule has 0 saturated carbocycles. The number of hydrogen-bond donors (Lipinski definition) is 0. The second-order valence-corrected chi connectivity index (χ2v) is 10.0. The Morgan fingerprint density at radius 1 is 1.14 bits per heavy atom. The highest BCUT2D eigenvalue weighted by atomic mass is 32.2. The van der Waals surface area contributed by atoms with Gasteiger partial charge < -0.3 is 4.90 Å². The monoisotopic (exact) mass is 434 g/mol. The molecule has 1 saturated heterocycles. The molecule has 4 rings (SSSR count). The number of sulfonamides is 1. The van der Waals surface area contributed by atoms with E-state index in [1.807, 2.05) is 24.6 Å². The highest BCUT2D eigenvalue weighted by Crippen LogP contribution is 2.22. The van der Waals surface area contributed by atoms with Crippen LogP contribution >= 0.6 is 11.3 Å². The summed E-state index contributed by atoms with van der Waals surface area (Å²) >= 11 is 1.20. The molecular formula is C18H22N6O3S2. The van der Waals surface area contributed by atoms with E-state index < -0.39 is 10.0 Å². The molecule has 4 heterocycles. The van der Waals surface area contributed by atoms with Gasteiger partial charge in [0.25, 0.3) is 15.9 Å². The van der Waals surface area contributed by atoms with Crippen LogP contribution in [0.5, 0.6) is 0 Å². The highest BCUT2D eigenvalue weighted by molar-refractivity contribution is 7.91. The first-order valence-corrected chi connectivity index (χ1v) is 11.5. The predicted octanol–water partition coefficient (Wildman–Crippen LogP) is 1.41. The molecular weight excluding hydrogens is 412 g/mol. The minimum Gasteiger partial charge on any atom is -0.335 e. The van der Waals surface area contributed by atoms with Crippen LogP contribution in [0.15, 0.2) is 40.1 Å². The van der Waals surface area contributed by atoms with Crippen molar-refractivity contribution in [3.05, 3.63) is 52.9 Å². The fraction of sp³-hybridized carbons (Fsp3) is 0.389. The average molecular weight is 435 g/mol. The van der Waals surface area contributed by atoms with Gasteiger partial charge in [-0.3, -0.25) is 9.48 Å². The van der Waals surface area contributed by atoms with E-state index in [0.717, 1.165) is 11.4 Å². The SMILES string of the molecule is Cc1cc(C)n(Cn2ccc(C(=O)N3CCN(S(=O)(=O)c4cccs4)CC3)n2)n1. The molecule has 11 heteroatoms. The van der Waals surface area contributed by atoms with E-state index in [1.54, 1.807) is 39.4 Å². The lowest BCUT2D eigenvalue weighted by molar-refractivity contribution is 0.0691. The molecule has 0 aliphatic carbocycles. The summed E-state index contributed by atoms with van der Waals surface area (Å²) < 4.78 is 30.5. The average Bonchev–Trinajstić information content (AvgIpc) is 3.44. The van der Waals surface area contributed by atoms with Crippen LogP contribution in [0.3, 0.4) is 0 Å². The first-order valence-electron chi connectivity index (χ1n) is 9.22. The Balaban J connectivity index is 1.39. The molecule has 0 spiro atoms. The topological polar surface area (TPSA) is 93.3 Å². The highest BCUT2D eigenvalue weighted by Gasteiger charge is 2.31. The van der Waals surface area contributed by atoms with E-state index in [2.05, 4.69) is 10.2 Å². The van der Waals surface area contributed by atoms with E-state index in [0.29, 0.717) is 29.7 Å². The maximum absolute atomic E-state index is 12.8. The van der Waals surface area contributed by atoms with Crippen molar-refractivity contribution in [2.75, 3.05) is 26.2 Å². The minimum atomic E-state index is -3.48. The molecule has 0 radical (unpaired) electrons. The first-order chi connectivity index (χ1) is 13.8. The van der Waals surface area contributed by atoms with Crippen LogP contribution in [-0.2, 0) is 16.7 Å². The molecule has 1 aliphatic rings. The number of carbonyl (C=O) groups excluding carboxylic acids is 1. The van der Waals surface area contributed by atoms with Crippen LogP contribution in [0, 0.1) is 13.8 Å². The van der Waals surface area contributed by atoms with Gasteiger partial charge in [-0.25, -0.2) is 13.1 Å². The Hall–Kier alpha value is -2.50. The second-order valence-electron chi connectivity index (χ2n) is 6.94. The lowest BCUT2D eigenvalue weighted by Crippen LogP contribution is -2.50. The van der Waals surface area contributed by atoms with Crippen molar-refractivity contribution in [2.24, 2.45) is 0 Å². The fourth-order valence-electron chi connectivity index (χ4n) is 3.34. The predicted molar refractivity (Wildman–Crippen MR) is 108 cm³/mol. The van der Waals surface area contributed by atoms with Gasteiger partial charge in [0.15, 0.2) is 0 Å². The Labute approximate surface area is 173 Å². The zero-order chi connectivity index (χ0) is 20.6. The first kappa shape index (κ1) is 19.8. The fourth-order valence-corrected chi connectivity index (χ4v) is 5.91. The second kappa shape index (κ2) is 7.73. The molecule has 1 aliphatic heterocycles. The van der Waals surface area contributed by atoms with Gasteiger partial charge in [-0.1, -0.05) is 6.07 Å². The van der Waals surface area contributed by atoms with Crippen molar-refractivity contribution in [1.29, 1.82) is 0 Å². The molecule has 0 atom stereocenters. The zero-order valence-corrected chi connectivity index (χ0v) is 17.9. The molecule has 3 aromatic heterocycles. The van der Waals surface area contributed by atoms with Gasteiger partial charge in [-0.05, 0) is 37.4 Å². The van der Waals surface area contributed by atoms with Crippen LogP contribution < -0.4 is 0 Å². The third kappa shape index (κ3) is 3.98. The molecule has 0 N–H and O–H groups in total. The third-order valence-corrected chi connectivity index (χ3v) is 8.13. The lowest BCUT2D eigenvalue weighted by Gasteiger charge is -2.33. The summed E-state index contributed by atoms with van der Waals surface area (Å²) in [5.74, 6) is -0.190. The van der Waals surface area contributed by atoms with Crippen LogP contribution in [0.2, 0.25) is 0 Å². The molecule has 3 aromatic rings. The normalized spacial score (nSPS) is 15.7. The lowest BCUT2D eigenvalue weighted by atomic mass is 10.3. The number of aryl methyl sites for hydroxylation is 2. The summed E-state index contributed by atoms with van der Waals surface area (Å²) in [5, 5.41) is 10.5. The van der Waals surface area contributed by atoms with E-state index in [-0.39, 0.29) is 19.0 Å². The number of amides is 1. The van der Waals surface area contributed by atoms with Gasteiger partial charge in [0.1, 0.15) is 16.6 Å². The van der Waals surface area contributed by atoms with Gasteiger partial charge in [0, 0.05) is 38.1 Å². The van der Waals surface area contributed by atoms with Crippen molar-refractivity contribution >= 4 is 27.3 Å². The van der Waals surface area contributed by atoms with Gasteiger partial charge >= 0.3 is 0 Å². The molecule has 9 nitrogen and oxygen atoms in total. The third-order valence-electron chi connectivity index (χ3n) is 4.86. The van der Waals surface area contributed by atoms with Gasteiger partial charge in [-0.2, -0.15) is 14.5 Å². The molecule has 0 bridgehead atoms. The Morgan fingerprint density at radius 3 is 2.52 bits per heavy atom. The number of rotatable bonds is 5. The van der Waals surface area contributed by atoms with Crippen LogP contribution in [0.1, 0.15) is 21.9 Å². The number of piperazine rings is 1. The molecule has 0 unspecified atom stereocenters. The number of nitrogens with zero attached hydrogens (tertiary/aromatic N) is 6. The van der Waals surface area contributed by atoms with Gasteiger partial charge in [0.2, 0.25) is 0 Å². The number of carbonyl (C=O) groups is 1. The van der Waals surface area contributed by atoms with E-state index in [4.69, 9.17) is 0 Å². The summed E-state index contributed by atoms with van der Waals surface area (Å²) in [6, 6.07) is 6.99. The Bertz CT molecular complexity index is 1110. The summed E-state index contributed by atoms with van der Waals surface area (Å²) in [7, 11) is -3.48. The van der Waals surface area contributed by atoms with Gasteiger partial charge in [0.05, 0.1) is 5.69 Å². The summed E-state index contributed by atoms with van der Waals surface area (Å²) in [6.45, 7) is 5.57. The van der Waals surface area contributed by atoms with E-state index in [9.17, 15) is 13.2 Å². The van der Waals surface area contributed by atoms with E-state index >= 15 is 0 Å². The van der Waals surface area contributed by atoms with Crippen LogP contribution in [0.4, 0.5) is 0 Å². The summed E-state index contributed by atoms with van der Waals surface area (Å²) in [4.78, 5) is 14.4. The maximum Gasteiger partial charge on any atom is 0.274 e. The summed E-state index contributed by atoms with van der Waals surface area (Å²) in [6.07, 6.45) is 1.75. The standard InChI is InChI=1S/C18H22N6O3S2/c1-14-12-15(2)24(19-14)13-22-6-5-16(20-22)18(25)21-7-9-23(10-8-21)29(26,27)17-4-3-11-28-17/h3-6,11-12H,7-10,13H2,1-2H3. The Morgan fingerprint density at radius 2 is 1.90 bits per heavy atom. The maximum atomic E-state index is 12.8. The molecule has 1 fully saturated rings. The smallest absolute Gasteiger partial charge is 0.274 e. The Kier molecular flexibility index (Phi) is 5.28. The molecule has 0 aromatic carbocycles. The van der Waals surface area contributed by atoms with Crippen molar-refractivity contribution in [1.82, 2.24) is 28.8 Å². The van der Waals surface area contributed by atoms with Crippen molar-refractivity contribution in [3.8, 4) is 0 Å². The number of aromatic nitrogens is 4. The molecule has 154 valence electrons. The minimum absolute atomic E-state index is 0.190. The van der Waals surface area contributed by atoms with Crippen molar-refractivity contribution in [3.63, 3.8) is 0 Å². The largest absolute Gasteiger partial charge is 0.335 e. The van der Waals surface area contributed by atoms with E-state index in [1.165, 1.54) is 15.6 Å². The van der Waals surface area contributed by atoms with Gasteiger partial charge in [-0.15, -0.1) is 11.3 Å². The van der Waals surface area contributed by atoms with Crippen LogP contribution in [0.25, 0.3) is 0 Å². The van der Waals surface area contributed by atoms with Crippen LogP contribution in [-0.4, -0.2) is 69.3 Å². The van der Waals surface area contributed by atoms with Crippen molar-refractivity contribution < 1.29 is 13.2 Å². The number of hydrogen-bond acceptors (Lipinski definition) is 6. The quantitative estimate of drug-likeness (QED) is 0.605. The molecule has 29 heavy (non-hydrogen) atoms. The van der Waals surface area contributed by atoms with Crippen molar-refractivity contribution in [2.45, 2.75) is 24.7 Å². The summed E-state index contributed by atoms with van der Waals surface area (Å²) in [5.41, 5.74) is 2.30. The zero-order valence-electron chi connectivity index (χ0n) is 16.2. The molecule has 1 amide bonds.